The van der Waals surface area contributed by atoms with Crippen molar-refractivity contribution in [1.29, 1.82) is 0 Å². The van der Waals surface area contributed by atoms with Gasteiger partial charge in [-0.3, -0.25) is 9.69 Å². The number of amides is 1. The molecule has 0 bridgehead atoms. The van der Waals surface area contributed by atoms with Gasteiger partial charge in [-0.15, -0.1) is 0 Å². The maximum Gasteiger partial charge on any atom is 0.221 e. The molecule has 1 amide bonds. The van der Waals surface area contributed by atoms with E-state index >= 15 is 0 Å². The minimum Gasteiger partial charge on any atom is -0.398 e. The first-order valence-corrected chi connectivity index (χ1v) is 6.28. The number of nitrogens with zero attached hydrogens (tertiary/aromatic N) is 1. The smallest absolute Gasteiger partial charge is 0.221 e. The summed E-state index contributed by atoms with van der Waals surface area (Å²) in [5.41, 5.74) is 13.1. The summed E-state index contributed by atoms with van der Waals surface area (Å²) in [6, 6.07) is 8.14. The van der Waals surface area contributed by atoms with Gasteiger partial charge >= 0.3 is 0 Å². The van der Waals surface area contributed by atoms with Crippen LogP contribution >= 0.6 is 0 Å². The van der Waals surface area contributed by atoms with Crippen molar-refractivity contribution in [2.24, 2.45) is 11.7 Å². The fraction of sp³-hybridized carbons (Fsp3) is 0.500. The van der Waals surface area contributed by atoms with Gasteiger partial charge in [-0.25, -0.2) is 0 Å². The molecule has 0 saturated heterocycles. The summed E-state index contributed by atoms with van der Waals surface area (Å²) in [6.45, 7) is 7.45. The summed E-state index contributed by atoms with van der Waals surface area (Å²) in [7, 11) is 0. The van der Waals surface area contributed by atoms with Crippen molar-refractivity contribution < 1.29 is 4.79 Å². The minimum absolute atomic E-state index is 0.155. The van der Waals surface area contributed by atoms with Gasteiger partial charge < -0.3 is 11.5 Å². The van der Waals surface area contributed by atoms with Crippen molar-refractivity contribution in [2.45, 2.75) is 33.4 Å². The van der Waals surface area contributed by atoms with Gasteiger partial charge in [0.2, 0.25) is 5.91 Å². The van der Waals surface area contributed by atoms with Crippen LogP contribution in [0, 0.1) is 5.92 Å². The Balaban J connectivity index is 2.75. The third-order valence-corrected chi connectivity index (χ3v) is 3.15. The quantitative estimate of drug-likeness (QED) is 0.752. The van der Waals surface area contributed by atoms with Crippen LogP contribution in [0.15, 0.2) is 24.3 Å². The zero-order valence-electron chi connectivity index (χ0n) is 11.4. The van der Waals surface area contributed by atoms with Crippen molar-refractivity contribution in [3.05, 3.63) is 29.8 Å². The first kappa shape index (κ1) is 14.5. The number of benzene rings is 1. The number of nitrogen functional groups attached to an aromatic ring is 1. The molecular formula is C14H23N3O. The van der Waals surface area contributed by atoms with Crippen LogP contribution in [-0.4, -0.2) is 23.4 Å². The molecule has 0 spiro atoms. The molecule has 1 unspecified atom stereocenters. The summed E-state index contributed by atoms with van der Waals surface area (Å²) >= 11 is 0. The predicted molar refractivity (Wildman–Crippen MR) is 74.8 cm³/mol. The molecule has 0 aliphatic heterocycles. The van der Waals surface area contributed by atoms with E-state index in [9.17, 15) is 4.79 Å². The highest BCUT2D eigenvalue weighted by Gasteiger charge is 2.17. The molecule has 1 rings (SSSR count). The molecule has 100 valence electrons. The maximum atomic E-state index is 11.1. The topological polar surface area (TPSA) is 72.3 Å². The SMILES string of the molecule is CC(CN(Cc1ccccc1N)C(C)C)C(N)=O. The Labute approximate surface area is 109 Å². The molecular weight excluding hydrogens is 226 g/mol. The normalized spacial score (nSPS) is 12.9. The molecule has 1 aromatic rings. The van der Waals surface area contributed by atoms with Gasteiger partial charge in [-0.2, -0.15) is 0 Å². The Morgan fingerprint density at radius 3 is 2.39 bits per heavy atom. The van der Waals surface area contributed by atoms with E-state index in [1.54, 1.807) is 0 Å². The summed E-state index contributed by atoms with van der Waals surface area (Å²) in [5, 5.41) is 0. The zero-order chi connectivity index (χ0) is 13.7. The Morgan fingerprint density at radius 2 is 1.89 bits per heavy atom. The number of carbonyl (C=O) groups excluding carboxylic acids is 1. The number of rotatable bonds is 6. The lowest BCUT2D eigenvalue weighted by Crippen LogP contribution is -2.38. The van der Waals surface area contributed by atoms with E-state index < -0.39 is 0 Å². The van der Waals surface area contributed by atoms with Crippen LogP contribution in [0.25, 0.3) is 0 Å². The molecule has 0 aliphatic carbocycles. The molecule has 4 nitrogen and oxygen atoms in total. The van der Waals surface area contributed by atoms with Gasteiger partial charge in [-0.05, 0) is 25.5 Å². The molecule has 1 atom stereocenters. The van der Waals surface area contributed by atoms with E-state index in [1.807, 2.05) is 31.2 Å². The molecule has 0 heterocycles. The molecule has 4 heteroatoms. The molecule has 0 fully saturated rings. The van der Waals surface area contributed by atoms with Crippen molar-refractivity contribution in [3.8, 4) is 0 Å². The van der Waals surface area contributed by atoms with E-state index in [1.165, 1.54) is 0 Å². The standard InChI is InChI=1S/C14H23N3O/c1-10(2)17(8-11(3)14(16)18)9-12-6-4-5-7-13(12)15/h4-7,10-11H,8-9,15H2,1-3H3,(H2,16,18). The molecule has 0 aliphatic rings. The number of para-hydroxylation sites is 1. The Bertz CT molecular complexity index is 404. The highest BCUT2D eigenvalue weighted by molar-refractivity contribution is 5.76. The number of hydrogen-bond acceptors (Lipinski definition) is 3. The fourth-order valence-electron chi connectivity index (χ4n) is 1.80. The number of carbonyl (C=O) groups is 1. The van der Waals surface area contributed by atoms with E-state index in [0.717, 1.165) is 17.8 Å². The molecule has 4 N–H and O–H groups in total. The van der Waals surface area contributed by atoms with Gasteiger partial charge in [-0.1, -0.05) is 25.1 Å². The van der Waals surface area contributed by atoms with Crippen molar-refractivity contribution in [2.75, 3.05) is 12.3 Å². The van der Waals surface area contributed by atoms with Crippen LogP contribution in [0.4, 0.5) is 5.69 Å². The van der Waals surface area contributed by atoms with E-state index in [2.05, 4.69) is 18.7 Å². The number of hydrogen-bond donors (Lipinski definition) is 2. The van der Waals surface area contributed by atoms with Gasteiger partial charge in [0.15, 0.2) is 0 Å². The number of primary amides is 1. The molecule has 18 heavy (non-hydrogen) atoms. The van der Waals surface area contributed by atoms with Gasteiger partial charge in [0.25, 0.3) is 0 Å². The Morgan fingerprint density at radius 1 is 1.28 bits per heavy atom. The molecule has 0 aromatic heterocycles. The summed E-state index contributed by atoms with van der Waals surface area (Å²) in [6.07, 6.45) is 0. The van der Waals surface area contributed by atoms with Crippen LogP contribution in [0.3, 0.4) is 0 Å². The lowest BCUT2D eigenvalue weighted by Gasteiger charge is -2.28. The van der Waals surface area contributed by atoms with Crippen LogP contribution in [0.2, 0.25) is 0 Å². The lowest BCUT2D eigenvalue weighted by molar-refractivity contribution is -0.122. The van der Waals surface area contributed by atoms with Crippen LogP contribution in [-0.2, 0) is 11.3 Å². The van der Waals surface area contributed by atoms with E-state index in [-0.39, 0.29) is 11.8 Å². The molecule has 1 aromatic carbocycles. The van der Waals surface area contributed by atoms with Crippen molar-refractivity contribution >= 4 is 11.6 Å². The van der Waals surface area contributed by atoms with Gasteiger partial charge in [0.05, 0.1) is 0 Å². The van der Waals surface area contributed by atoms with Gasteiger partial charge in [0.1, 0.15) is 0 Å². The third-order valence-electron chi connectivity index (χ3n) is 3.15. The van der Waals surface area contributed by atoms with Crippen LogP contribution in [0.1, 0.15) is 26.3 Å². The monoisotopic (exact) mass is 249 g/mol. The van der Waals surface area contributed by atoms with E-state index in [0.29, 0.717) is 12.6 Å². The predicted octanol–water partition coefficient (Wildman–Crippen LogP) is 1.60. The van der Waals surface area contributed by atoms with Crippen LogP contribution < -0.4 is 11.5 Å². The van der Waals surface area contributed by atoms with Crippen LogP contribution in [0.5, 0.6) is 0 Å². The number of anilines is 1. The Kier molecular flexibility index (Phi) is 5.16. The van der Waals surface area contributed by atoms with Crippen molar-refractivity contribution in [1.82, 2.24) is 4.90 Å². The molecule has 0 radical (unpaired) electrons. The average molecular weight is 249 g/mol. The number of nitrogens with two attached hydrogens (primary N) is 2. The zero-order valence-corrected chi connectivity index (χ0v) is 11.4. The summed E-state index contributed by atoms with van der Waals surface area (Å²) < 4.78 is 0. The second-order valence-electron chi connectivity index (χ2n) is 5.03. The first-order chi connectivity index (χ1) is 8.41. The van der Waals surface area contributed by atoms with E-state index in [4.69, 9.17) is 11.5 Å². The third kappa shape index (κ3) is 4.04. The Hall–Kier alpha value is -1.55. The average Bonchev–Trinajstić information content (AvgIpc) is 2.30. The minimum atomic E-state index is -0.262. The van der Waals surface area contributed by atoms with Gasteiger partial charge in [0, 0.05) is 30.7 Å². The molecule has 0 saturated carbocycles. The highest BCUT2D eigenvalue weighted by Crippen LogP contribution is 2.16. The summed E-state index contributed by atoms with van der Waals surface area (Å²) in [4.78, 5) is 13.4. The largest absolute Gasteiger partial charge is 0.398 e. The van der Waals surface area contributed by atoms with Crippen molar-refractivity contribution in [3.63, 3.8) is 0 Å². The second kappa shape index (κ2) is 6.40. The first-order valence-electron chi connectivity index (χ1n) is 6.28. The maximum absolute atomic E-state index is 11.1. The fourth-order valence-corrected chi connectivity index (χ4v) is 1.80. The second-order valence-corrected chi connectivity index (χ2v) is 5.03. The highest BCUT2D eigenvalue weighted by atomic mass is 16.1. The summed E-state index contributed by atoms with van der Waals surface area (Å²) in [5.74, 6) is -0.418. The lowest BCUT2D eigenvalue weighted by atomic mass is 10.1.